The first-order valence-electron chi connectivity index (χ1n) is 3.40. The molecule has 12 heavy (non-hydrogen) atoms. The van der Waals surface area contributed by atoms with Gasteiger partial charge in [-0.05, 0) is 0 Å². The van der Waals surface area contributed by atoms with Crippen LogP contribution in [-0.4, -0.2) is 27.2 Å². The second-order valence-electron chi connectivity index (χ2n) is 1.91. The summed E-state index contributed by atoms with van der Waals surface area (Å²) in [4.78, 5) is 10.6. The van der Waals surface area contributed by atoms with Gasteiger partial charge in [-0.1, -0.05) is 12.2 Å². The molecule has 0 aliphatic heterocycles. The van der Waals surface area contributed by atoms with E-state index < -0.39 is 10.6 Å². The first-order chi connectivity index (χ1) is 5.72. The molecule has 2 nitrogen and oxygen atoms in total. The Labute approximate surface area is 81.1 Å². The topological polar surface area (TPSA) is 37.3 Å². The molecular formula is C8H12O2S2. The third kappa shape index (κ3) is 5.32. The van der Waals surface area contributed by atoms with Gasteiger partial charge in [-0.3, -0.25) is 4.79 Å². The lowest BCUT2D eigenvalue weighted by Crippen LogP contribution is -2.12. The van der Waals surface area contributed by atoms with E-state index in [2.05, 4.69) is 13.2 Å². The van der Waals surface area contributed by atoms with Gasteiger partial charge in [0.25, 0.3) is 0 Å². The molecule has 0 aliphatic rings. The Morgan fingerprint density at radius 1 is 1.33 bits per heavy atom. The molecule has 4 heteroatoms. The van der Waals surface area contributed by atoms with Crippen LogP contribution in [-0.2, 0) is 4.79 Å². The molecular weight excluding hydrogens is 192 g/mol. The maximum absolute atomic E-state index is 10.6. The van der Waals surface area contributed by atoms with Crippen LogP contribution in [0.4, 0.5) is 0 Å². The van der Waals surface area contributed by atoms with E-state index >= 15 is 0 Å². The van der Waals surface area contributed by atoms with E-state index in [-0.39, 0.29) is 0 Å². The summed E-state index contributed by atoms with van der Waals surface area (Å²) in [5, 5.41) is 8.72. The van der Waals surface area contributed by atoms with Crippen LogP contribution < -0.4 is 0 Å². The summed E-state index contributed by atoms with van der Waals surface area (Å²) < 4.78 is -0.402. The molecule has 0 aromatic heterocycles. The minimum atomic E-state index is -0.784. The second kappa shape index (κ2) is 7.31. The van der Waals surface area contributed by atoms with Crippen LogP contribution in [0.5, 0.6) is 0 Å². The van der Waals surface area contributed by atoms with Gasteiger partial charge < -0.3 is 5.11 Å². The largest absolute Gasteiger partial charge is 0.480 e. The van der Waals surface area contributed by atoms with E-state index in [1.807, 2.05) is 0 Å². The highest BCUT2D eigenvalue weighted by molar-refractivity contribution is 8.18. The summed E-state index contributed by atoms with van der Waals surface area (Å²) in [5.74, 6) is 0.552. The van der Waals surface area contributed by atoms with E-state index in [0.717, 1.165) is 0 Å². The highest BCUT2D eigenvalue weighted by atomic mass is 32.2. The minimum Gasteiger partial charge on any atom is -0.480 e. The van der Waals surface area contributed by atoms with Crippen LogP contribution >= 0.6 is 23.5 Å². The van der Waals surface area contributed by atoms with Gasteiger partial charge in [-0.25, -0.2) is 0 Å². The standard InChI is InChI=1S/C8H12O2S2/c1-3-5-11-8(7(9)10)12-6-4-2/h3-4,8H,1-2,5-6H2,(H,9,10). The Morgan fingerprint density at radius 2 is 1.75 bits per heavy atom. The van der Waals surface area contributed by atoms with Crippen molar-refractivity contribution in [1.29, 1.82) is 0 Å². The summed E-state index contributed by atoms with van der Waals surface area (Å²) in [6.07, 6.45) is 3.41. The van der Waals surface area contributed by atoms with Crippen molar-refractivity contribution in [3.63, 3.8) is 0 Å². The Hall–Kier alpha value is -0.350. The van der Waals surface area contributed by atoms with Crippen molar-refractivity contribution in [3.8, 4) is 0 Å². The Bertz CT molecular complexity index is 156. The van der Waals surface area contributed by atoms with Crippen molar-refractivity contribution < 1.29 is 9.90 Å². The molecule has 0 spiro atoms. The third-order valence-corrected chi connectivity index (χ3v) is 3.61. The molecule has 1 N–H and O–H groups in total. The third-order valence-electron chi connectivity index (χ3n) is 0.933. The lowest BCUT2D eigenvalue weighted by Gasteiger charge is -2.07. The summed E-state index contributed by atoms with van der Waals surface area (Å²) in [6, 6.07) is 0. The lowest BCUT2D eigenvalue weighted by atomic mass is 10.8. The van der Waals surface area contributed by atoms with Crippen LogP contribution in [0.25, 0.3) is 0 Å². The van der Waals surface area contributed by atoms with Crippen LogP contribution in [0.3, 0.4) is 0 Å². The van der Waals surface area contributed by atoms with Gasteiger partial charge in [0.05, 0.1) is 0 Å². The number of thioether (sulfide) groups is 2. The average Bonchev–Trinajstić information content (AvgIpc) is 2.04. The number of carboxylic acids is 1. The van der Waals surface area contributed by atoms with Crippen molar-refractivity contribution in [2.75, 3.05) is 11.5 Å². The molecule has 0 saturated heterocycles. The number of hydrogen-bond acceptors (Lipinski definition) is 3. The highest BCUT2D eigenvalue weighted by Crippen LogP contribution is 2.23. The Morgan fingerprint density at radius 3 is 2.00 bits per heavy atom. The molecule has 0 amide bonds. The second-order valence-corrected chi connectivity index (χ2v) is 4.49. The first kappa shape index (κ1) is 11.6. The first-order valence-corrected chi connectivity index (χ1v) is 5.50. The molecule has 0 aromatic rings. The predicted molar refractivity (Wildman–Crippen MR) is 56.7 cm³/mol. The fourth-order valence-corrected chi connectivity index (χ4v) is 2.26. The fraction of sp³-hybridized carbons (Fsp3) is 0.375. The van der Waals surface area contributed by atoms with Gasteiger partial charge in [0.2, 0.25) is 0 Å². The smallest absolute Gasteiger partial charge is 0.326 e. The monoisotopic (exact) mass is 204 g/mol. The molecule has 0 aromatic carbocycles. The van der Waals surface area contributed by atoms with Crippen molar-refractivity contribution in [2.45, 2.75) is 4.58 Å². The number of aliphatic carboxylic acids is 1. The molecule has 0 rings (SSSR count). The fourth-order valence-electron chi connectivity index (χ4n) is 0.502. The SMILES string of the molecule is C=CCSC(SCC=C)C(=O)O. The predicted octanol–water partition coefficient (Wildman–Crippen LogP) is 2.24. The Kier molecular flexibility index (Phi) is 7.09. The summed E-state index contributed by atoms with van der Waals surface area (Å²) in [7, 11) is 0. The maximum Gasteiger partial charge on any atom is 0.326 e. The number of carbonyl (C=O) groups is 1. The van der Waals surface area contributed by atoms with Gasteiger partial charge in [0.15, 0.2) is 0 Å². The minimum absolute atomic E-state index is 0.402. The molecule has 0 saturated carbocycles. The molecule has 0 heterocycles. The van der Waals surface area contributed by atoms with Crippen LogP contribution in [0, 0.1) is 0 Å². The summed E-state index contributed by atoms with van der Waals surface area (Å²) >= 11 is 2.73. The highest BCUT2D eigenvalue weighted by Gasteiger charge is 2.16. The van der Waals surface area contributed by atoms with Crippen molar-refractivity contribution >= 4 is 29.5 Å². The van der Waals surface area contributed by atoms with Crippen LogP contribution in [0.1, 0.15) is 0 Å². The summed E-state index contributed by atoms with van der Waals surface area (Å²) in [5.41, 5.74) is 0. The maximum atomic E-state index is 10.6. The Balaban J connectivity index is 3.77. The average molecular weight is 204 g/mol. The van der Waals surface area contributed by atoms with Crippen molar-refractivity contribution in [3.05, 3.63) is 25.3 Å². The quantitative estimate of drug-likeness (QED) is 0.510. The van der Waals surface area contributed by atoms with E-state index in [4.69, 9.17) is 5.11 Å². The number of rotatable bonds is 7. The normalized spacial score (nSPS) is 9.75. The molecule has 0 radical (unpaired) electrons. The van der Waals surface area contributed by atoms with E-state index in [1.165, 1.54) is 23.5 Å². The van der Waals surface area contributed by atoms with E-state index in [1.54, 1.807) is 12.2 Å². The van der Waals surface area contributed by atoms with E-state index in [9.17, 15) is 4.79 Å². The zero-order chi connectivity index (χ0) is 9.40. The van der Waals surface area contributed by atoms with Gasteiger partial charge in [-0.15, -0.1) is 36.7 Å². The molecule has 68 valence electrons. The molecule has 0 aliphatic carbocycles. The van der Waals surface area contributed by atoms with Crippen molar-refractivity contribution in [2.24, 2.45) is 0 Å². The van der Waals surface area contributed by atoms with Crippen LogP contribution in [0.15, 0.2) is 25.3 Å². The van der Waals surface area contributed by atoms with Gasteiger partial charge >= 0.3 is 5.97 Å². The number of carboxylic acid groups (broad SMARTS) is 1. The van der Waals surface area contributed by atoms with Gasteiger partial charge in [0, 0.05) is 11.5 Å². The van der Waals surface area contributed by atoms with E-state index in [0.29, 0.717) is 11.5 Å². The summed E-state index contributed by atoms with van der Waals surface area (Å²) in [6.45, 7) is 7.06. The molecule has 0 bridgehead atoms. The zero-order valence-electron chi connectivity index (χ0n) is 6.73. The molecule has 0 unspecified atom stereocenters. The molecule has 0 fully saturated rings. The van der Waals surface area contributed by atoms with Gasteiger partial charge in [-0.2, -0.15) is 0 Å². The van der Waals surface area contributed by atoms with Crippen LogP contribution in [0.2, 0.25) is 0 Å². The van der Waals surface area contributed by atoms with Gasteiger partial charge in [0.1, 0.15) is 4.58 Å². The lowest BCUT2D eigenvalue weighted by molar-refractivity contribution is -0.134. The van der Waals surface area contributed by atoms with Crippen molar-refractivity contribution in [1.82, 2.24) is 0 Å². The zero-order valence-corrected chi connectivity index (χ0v) is 8.37. The number of hydrogen-bond donors (Lipinski definition) is 1. The molecule has 0 atom stereocenters.